The van der Waals surface area contributed by atoms with Gasteiger partial charge < -0.3 is 0 Å². The van der Waals surface area contributed by atoms with E-state index in [9.17, 15) is 3.89 Å². The molecule has 0 aliphatic rings. The van der Waals surface area contributed by atoms with Gasteiger partial charge in [-0.2, -0.15) is 8.42 Å². The Kier molecular flexibility index (Phi) is 0.553. The average molecular weight is 101 g/mol. The molecule has 0 spiro atoms. The SMILES string of the molecule is [2H]OS(=O)(=O)F. The maximum absolute atomic E-state index is 10.7. The lowest BCUT2D eigenvalue weighted by atomic mass is 15.9. The van der Waals surface area contributed by atoms with Crippen molar-refractivity contribution in [3.63, 3.8) is 0 Å². The monoisotopic (exact) mass is 101 g/mol. The van der Waals surface area contributed by atoms with E-state index in [1.807, 2.05) is 0 Å². The van der Waals surface area contributed by atoms with E-state index in [1.54, 1.807) is 0 Å². The summed E-state index contributed by atoms with van der Waals surface area (Å²) in [4.78, 5) is 0. The molecule has 0 saturated carbocycles. The first-order chi connectivity index (χ1) is 2.56. The van der Waals surface area contributed by atoms with E-state index in [2.05, 4.69) is 4.56 Å². The highest BCUT2D eigenvalue weighted by Gasteiger charge is 1.89. The second-order valence-electron chi connectivity index (χ2n) is 0.393. The third-order valence-corrected chi connectivity index (χ3v) is 0. The minimum absolute atomic E-state index is 2.49. The van der Waals surface area contributed by atoms with Gasteiger partial charge in [-0.05, 0) is 0 Å². The van der Waals surface area contributed by atoms with Crippen molar-refractivity contribution in [1.29, 1.82) is 1.43 Å². The maximum Gasteiger partial charge on any atom is 0.435 e. The maximum atomic E-state index is 10.7. The van der Waals surface area contributed by atoms with Gasteiger partial charge in [0.05, 0.1) is 0 Å². The van der Waals surface area contributed by atoms with Gasteiger partial charge in [-0.1, -0.05) is 3.89 Å². The van der Waals surface area contributed by atoms with Crippen LogP contribution in [-0.4, -0.2) is 13.0 Å². The van der Waals surface area contributed by atoms with Crippen LogP contribution >= 0.6 is 0 Å². The van der Waals surface area contributed by atoms with Crippen molar-refractivity contribution in [2.24, 2.45) is 0 Å². The summed E-state index contributed by atoms with van der Waals surface area (Å²) in [6.07, 6.45) is 0. The van der Waals surface area contributed by atoms with Gasteiger partial charge in [0, 0.05) is 0 Å². The van der Waals surface area contributed by atoms with Crippen molar-refractivity contribution in [3.05, 3.63) is 0 Å². The van der Waals surface area contributed by atoms with Crippen molar-refractivity contribution in [3.8, 4) is 0 Å². The predicted molar refractivity (Wildman–Crippen MR) is 12.7 cm³/mol. The van der Waals surface area contributed by atoms with Crippen LogP contribution in [0.2, 0.25) is 0 Å². The van der Waals surface area contributed by atoms with Gasteiger partial charge >= 0.3 is 10.5 Å². The van der Waals surface area contributed by atoms with Crippen molar-refractivity contribution in [2.45, 2.75) is 0 Å². The average Bonchev–Trinajstić information content (AvgIpc) is 1.35. The van der Waals surface area contributed by atoms with Gasteiger partial charge in [-0.3, -0.25) is 4.56 Å². The number of hydrogen-bond donors (Lipinski definition) is 1. The lowest BCUT2D eigenvalue weighted by molar-refractivity contribution is 0.435. The Hall–Kier alpha value is -0.160. The zero-order chi connectivity index (χ0) is 5.21. The molecule has 0 bridgehead atoms. The number of hydrogen-bond acceptors (Lipinski definition) is 3. The van der Waals surface area contributed by atoms with Gasteiger partial charge in [0.1, 0.15) is 0 Å². The van der Waals surface area contributed by atoms with Gasteiger partial charge in [0.15, 0.2) is 0 Å². The highest BCUT2D eigenvalue weighted by molar-refractivity contribution is 7.80. The van der Waals surface area contributed by atoms with Crippen molar-refractivity contribution >= 4 is 10.5 Å². The van der Waals surface area contributed by atoms with Crippen LogP contribution in [0.15, 0.2) is 0 Å². The van der Waals surface area contributed by atoms with E-state index in [4.69, 9.17) is 9.85 Å². The Labute approximate surface area is 30.0 Å². The molecule has 0 aliphatic carbocycles. The lowest BCUT2D eigenvalue weighted by Gasteiger charge is -1.63. The summed E-state index contributed by atoms with van der Waals surface area (Å²) in [5.41, 5.74) is 0. The largest absolute Gasteiger partial charge is 0.435 e. The van der Waals surface area contributed by atoms with E-state index in [1.165, 1.54) is 0 Å². The third kappa shape index (κ3) is 508. The van der Waals surface area contributed by atoms with E-state index < -0.39 is 10.5 Å². The number of halogens is 1. The van der Waals surface area contributed by atoms with Crippen LogP contribution < -0.4 is 0 Å². The van der Waals surface area contributed by atoms with Crippen LogP contribution in [0.4, 0.5) is 3.89 Å². The summed E-state index contributed by atoms with van der Waals surface area (Å²) in [5, 5.41) is 0. The molecule has 0 amide bonds. The highest BCUT2D eigenvalue weighted by atomic mass is 32.3. The zero-order valence-electron chi connectivity index (χ0n) is 3.01. The topological polar surface area (TPSA) is 54.4 Å². The zero-order valence-corrected chi connectivity index (χ0v) is 2.83. The molecule has 5 heteroatoms. The molecule has 0 fully saturated rings. The van der Waals surface area contributed by atoms with Crippen molar-refractivity contribution in [2.75, 3.05) is 0 Å². The molecule has 1 N–H and O–H groups in total. The molecule has 0 radical (unpaired) electrons. The van der Waals surface area contributed by atoms with E-state index in [0.717, 1.165) is 0 Å². The number of rotatable bonds is 1. The Bertz CT molecular complexity index is 113. The summed E-state index contributed by atoms with van der Waals surface area (Å²) in [7, 11) is -5.00. The summed E-state index contributed by atoms with van der Waals surface area (Å²) < 4.78 is 36.4. The molecule has 0 rings (SSSR count). The first kappa shape index (κ1) is 3.05. The fourth-order valence-electron chi connectivity index (χ4n) is 0. The molecule has 3 nitrogen and oxygen atoms in total. The molecule has 32 valence electrons. The molecular formula is HFO3S. The van der Waals surface area contributed by atoms with Crippen LogP contribution in [0.25, 0.3) is 1.43 Å². The second kappa shape index (κ2) is 0.908. The van der Waals surface area contributed by atoms with Crippen LogP contribution in [0.3, 0.4) is 0 Å². The summed E-state index contributed by atoms with van der Waals surface area (Å²) >= 11 is 0. The third-order valence-electron chi connectivity index (χ3n) is 0. The van der Waals surface area contributed by atoms with E-state index in [0.29, 0.717) is 0 Å². The smallest absolute Gasteiger partial charge is 0.260 e. The Morgan fingerprint density at radius 1 is 2.00 bits per heavy atom. The van der Waals surface area contributed by atoms with Gasteiger partial charge in [-0.15, -0.1) is 0 Å². The Morgan fingerprint density at radius 3 is 2.20 bits per heavy atom. The predicted octanol–water partition coefficient (Wildman–Crippen LogP) is -0.241. The highest BCUT2D eigenvalue weighted by Crippen LogP contribution is 1.74. The van der Waals surface area contributed by atoms with Gasteiger partial charge in [0.25, 0.3) is 0 Å². The molecule has 0 atom stereocenters. The van der Waals surface area contributed by atoms with E-state index >= 15 is 0 Å². The lowest BCUT2D eigenvalue weighted by Crippen LogP contribution is -1.80. The summed E-state index contributed by atoms with van der Waals surface area (Å²) in [6.45, 7) is 0. The standard InChI is InChI=1S/FHO3S/c1-5(2,3)4/h(H,2,3,4)/i/hD. The second-order valence-corrected chi connectivity index (χ2v) is 1.18. The summed E-state index contributed by atoms with van der Waals surface area (Å²) in [6, 6.07) is 0. The van der Waals surface area contributed by atoms with E-state index in [-0.39, 0.29) is 0 Å². The minimum Gasteiger partial charge on any atom is -0.260 e. The summed E-state index contributed by atoms with van der Waals surface area (Å²) in [5.74, 6) is 0. The van der Waals surface area contributed by atoms with Crippen molar-refractivity contribution < 1.29 is 16.9 Å². The quantitative estimate of drug-likeness (QED) is 0.366. The molecule has 0 aromatic heterocycles. The molecule has 0 heterocycles. The molecular weight excluding hydrogens is 99.1 g/mol. The molecule has 0 unspecified atom stereocenters. The first-order valence-corrected chi connectivity index (χ1v) is 1.96. The molecule has 0 saturated heterocycles. The molecule has 0 aromatic rings. The molecule has 5 heavy (non-hydrogen) atoms. The van der Waals surface area contributed by atoms with Crippen LogP contribution in [-0.2, 0) is 10.5 Å². The van der Waals surface area contributed by atoms with Gasteiger partial charge in [0.2, 0.25) is 1.43 Å². The molecule has 0 aliphatic heterocycles. The fourth-order valence-corrected chi connectivity index (χ4v) is 0. The van der Waals surface area contributed by atoms with Crippen LogP contribution in [0.1, 0.15) is 0 Å². The van der Waals surface area contributed by atoms with Gasteiger partial charge in [-0.25, -0.2) is 0 Å². The molecule has 0 aromatic carbocycles. The Balaban J connectivity index is 3.85. The Morgan fingerprint density at radius 2 is 2.20 bits per heavy atom. The van der Waals surface area contributed by atoms with Crippen LogP contribution in [0.5, 0.6) is 0 Å². The fraction of sp³-hybridized carbons (Fsp3) is 0. The minimum atomic E-state index is -5.00. The van der Waals surface area contributed by atoms with Crippen molar-refractivity contribution in [1.82, 2.24) is 0 Å². The first-order valence-electron chi connectivity index (χ1n) is 1.06. The normalized spacial score (nSPS) is 14.2. The van der Waals surface area contributed by atoms with Crippen LogP contribution in [0, 0.1) is 0 Å².